The predicted molar refractivity (Wildman–Crippen MR) is 196 cm³/mol. The average Bonchev–Trinajstić information content (AvgIpc) is 2.98. The summed E-state index contributed by atoms with van der Waals surface area (Å²) in [6.45, 7) is 17.4. The molecule has 4 heteroatoms. The minimum Gasteiger partial charge on any atom is -0.398 e. The Morgan fingerprint density at radius 3 is 0.565 bits per heavy atom. The van der Waals surface area contributed by atoms with E-state index in [0.29, 0.717) is 0 Å². The highest BCUT2D eigenvalue weighted by molar-refractivity contribution is 5.63. The molecule has 4 aromatic carbocycles. The van der Waals surface area contributed by atoms with Crippen molar-refractivity contribution in [2.75, 3.05) is 22.9 Å². The predicted octanol–water partition coefficient (Wildman–Crippen LogP) is 8.92. The van der Waals surface area contributed by atoms with Gasteiger partial charge in [0.25, 0.3) is 0 Å². The summed E-state index contributed by atoms with van der Waals surface area (Å²) in [5, 5.41) is 0. The highest BCUT2D eigenvalue weighted by Crippen LogP contribution is 2.75. The van der Waals surface area contributed by atoms with Crippen molar-refractivity contribution in [1.29, 1.82) is 0 Å². The van der Waals surface area contributed by atoms with Gasteiger partial charge in [-0.2, -0.15) is 0 Å². The Bertz CT molecular complexity index is 1540. The molecule has 4 saturated carbocycles. The van der Waals surface area contributed by atoms with Gasteiger partial charge < -0.3 is 22.9 Å². The summed E-state index contributed by atoms with van der Waals surface area (Å²) >= 11 is 0. The zero-order valence-electron chi connectivity index (χ0n) is 29.2. The van der Waals surface area contributed by atoms with Crippen LogP contribution in [0.4, 0.5) is 22.7 Å². The number of aryl methyl sites for hydroxylation is 8. The molecule has 0 atom stereocenters. The fraction of sp³-hybridized carbons (Fsp3) is 0.429. The van der Waals surface area contributed by atoms with Crippen molar-refractivity contribution >= 4 is 22.7 Å². The van der Waals surface area contributed by atoms with Gasteiger partial charge in [-0.3, -0.25) is 0 Å². The Labute approximate surface area is 276 Å². The molecule has 0 amide bonds. The van der Waals surface area contributed by atoms with Crippen molar-refractivity contribution in [3.8, 4) is 0 Å². The molecule has 0 saturated heterocycles. The van der Waals surface area contributed by atoms with Crippen LogP contribution < -0.4 is 22.9 Å². The van der Waals surface area contributed by atoms with Crippen LogP contribution in [0.5, 0.6) is 0 Å². The second kappa shape index (κ2) is 9.80. The average molecular weight is 613 g/mol. The van der Waals surface area contributed by atoms with Crippen molar-refractivity contribution < 1.29 is 0 Å². The van der Waals surface area contributed by atoms with E-state index >= 15 is 0 Å². The standard InChI is InChI=1S/C42H52N4/c1-23-9-31(10-24(2)35(23)43)39-17-40(32-11-25(3)36(44)26(4)12-32)20-41(18-39,33-13-27(5)37(45)28(6)14-33)22-42(19-39,21-40)34-15-29(7)38(46)30(8)16-34/h9-16H,17-22,43-46H2,1-8H3. The summed E-state index contributed by atoms with van der Waals surface area (Å²) < 4.78 is 0. The molecular weight excluding hydrogens is 560 g/mol. The zero-order valence-corrected chi connectivity index (χ0v) is 29.2. The molecular formula is C42H52N4. The SMILES string of the molecule is Cc1cc(C23CC4(c5cc(C)c(N)c(C)c5)CC(c5cc(C)c(N)c(C)c5)(C2)CC(c2cc(C)c(N)c(C)c2)(C3)C4)cc(C)c1N. The van der Waals surface area contributed by atoms with Gasteiger partial charge in [-0.05, 0) is 182 Å². The van der Waals surface area contributed by atoms with E-state index in [1.165, 1.54) is 66.8 Å². The van der Waals surface area contributed by atoms with Gasteiger partial charge in [-0.1, -0.05) is 48.5 Å². The third kappa shape index (κ3) is 4.25. The molecule has 8 N–H and O–H groups in total. The molecule has 0 aromatic heterocycles. The van der Waals surface area contributed by atoms with Crippen molar-refractivity contribution in [1.82, 2.24) is 0 Å². The van der Waals surface area contributed by atoms with Crippen LogP contribution in [0.25, 0.3) is 0 Å². The first kappa shape index (κ1) is 30.7. The lowest BCUT2D eigenvalue weighted by molar-refractivity contribution is -0.0692. The molecule has 0 unspecified atom stereocenters. The second-order valence-corrected chi connectivity index (χ2v) is 16.3. The van der Waals surface area contributed by atoms with E-state index in [2.05, 4.69) is 104 Å². The normalized spacial score (nSPS) is 28.2. The van der Waals surface area contributed by atoms with Gasteiger partial charge in [-0.15, -0.1) is 0 Å². The van der Waals surface area contributed by atoms with Gasteiger partial charge in [0.15, 0.2) is 0 Å². The monoisotopic (exact) mass is 612 g/mol. The molecule has 46 heavy (non-hydrogen) atoms. The Morgan fingerprint density at radius 2 is 0.435 bits per heavy atom. The van der Waals surface area contributed by atoms with Crippen LogP contribution in [0, 0.1) is 55.4 Å². The lowest BCUT2D eigenvalue weighted by Crippen LogP contribution is -2.67. The maximum atomic E-state index is 6.60. The molecule has 4 bridgehead atoms. The van der Waals surface area contributed by atoms with E-state index in [1.807, 2.05) is 0 Å². The highest BCUT2D eigenvalue weighted by Gasteiger charge is 2.69. The smallest absolute Gasteiger partial charge is 0.0373 e. The molecule has 4 aliphatic carbocycles. The van der Waals surface area contributed by atoms with E-state index in [1.54, 1.807) is 0 Å². The third-order valence-electron chi connectivity index (χ3n) is 12.9. The quantitative estimate of drug-likeness (QED) is 0.173. The molecule has 0 heterocycles. The Balaban J connectivity index is 1.59. The third-order valence-corrected chi connectivity index (χ3v) is 12.9. The lowest BCUT2D eigenvalue weighted by Gasteiger charge is -2.71. The number of nitrogens with two attached hydrogens (primary N) is 4. The van der Waals surface area contributed by atoms with Gasteiger partial charge in [0.1, 0.15) is 0 Å². The van der Waals surface area contributed by atoms with Crippen LogP contribution >= 0.6 is 0 Å². The fourth-order valence-corrected chi connectivity index (χ4v) is 11.0. The van der Waals surface area contributed by atoms with Crippen molar-refractivity contribution in [3.63, 3.8) is 0 Å². The maximum absolute atomic E-state index is 6.60. The Hall–Kier alpha value is -3.92. The molecule has 8 rings (SSSR count). The molecule has 240 valence electrons. The van der Waals surface area contributed by atoms with Crippen LogP contribution in [0.15, 0.2) is 48.5 Å². The van der Waals surface area contributed by atoms with Gasteiger partial charge >= 0.3 is 0 Å². The summed E-state index contributed by atoms with van der Waals surface area (Å²) in [4.78, 5) is 0. The number of nitrogen functional groups attached to an aromatic ring is 4. The number of anilines is 4. The van der Waals surface area contributed by atoms with Gasteiger partial charge in [0, 0.05) is 22.7 Å². The van der Waals surface area contributed by atoms with Crippen LogP contribution in [0.3, 0.4) is 0 Å². The molecule has 0 aliphatic heterocycles. The van der Waals surface area contributed by atoms with Gasteiger partial charge in [0.05, 0.1) is 0 Å². The van der Waals surface area contributed by atoms with Crippen molar-refractivity contribution in [2.45, 2.75) is 116 Å². The first-order valence-corrected chi connectivity index (χ1v) is 17.0. The van der Waals surface area contributed by atoms with E-state index in [-0.39, 0.29) is 21.7 Å². The second-order valence-electron chi connectivity index (χ2n) is 16.3. The van der Waals surface area contributed by atoms with Gasteiger partial charge in [-0.25, -0.2) is 0 Å². The Kier molecular flexibility index (Phi) is 6.54. The lowest BCUT2D eigenvalue weighted by atomic mass is 9.32. The van der Waals surface area contributed by atoms with E-state index in [4.69, 9.17) is 22.9 Å². The van der Waals surface area contributed by atoms with Crippen molar-refractivity contribution in [3.05, 3.63) is 115 Å². The van der Waals surface area contributed by atoms with Crippen LogP contribution in [-0.4, -0.2) is 0 Å². The largest absolute Gasteiger partial charge is 0.398 e. The first-order valence-electron chi connectivity index (χ1n) is 17.0. The Morgan fingerprint density at radius 1 is 0.304 bits per heavy atom. The van der Waals surface area contributed by atoms with Crippen LogP contribution in [0.2, 0.25) is 0 Å². The zero-order chi connectivity index (χ0) is 33.1. The first-order chi connectivity index (χ1) is 21.5. The van der Waals surface area contributed by atoms with E-state index in [0.717, 1.165) is 61.3 Å². The summed E-state index contributed by atoms with van der Waals surface area (Å²) in [6, 6.07) is 19.4. The topological polar surface area (TPSA) is 104 Å². The summed E-state index contributed by atoms with van der Waals surface area (Å²) in [7, 11) is 0. The number of benzene rings is 4. The minimum atomic E-state index is -0.0342. The van der Waals surface area contributed by atoms with Crippen LogP contribution in [0.1, 0.15) is 105 Å². The summed E-state index contributed by atoms with van der Waals surface area (Å²) in [6.07, 6.45) is 6.72. The molecule has 4 nitrogen and oxygen atoms in total. The highest BCUT2D eigenvalue weighted by atomic mass is 14.7. The van der Waals surface area contributed by atoms with E-state index < -0.39 is 0 Å². The van der Waals surface area contributed by atoms with Gasteiger partial charge in [0.2, 0.25) is 0 Å². The van der Waals surface area contributed by atoms with Crippen molar-refractivity contribution in [2.24, 2.45) is 0 Å². The summed E-state index contributed by atoms with van der Waals surface area (Å²) in [5.41, 5.74) is 45.1. The van der Waals surface area contributed by atoms with E-state index in [9.17, 15) is 0 Å². The number of rotatable bonds is 4. The number of hydrogen-bond acceptors (Lipinski definition) is 4. The van der Waals surface area contributed by atoms with Crippen LogP contribution in [-0.2, 0) is 21.7 Å². The molecule has 0 radical (unpaired) electrons. The fourth-order valence-electron chi connectivity index (χ4n) is 11.0. The summed E-state index contributed by atoms with van der Waals surface area (Å²) in [5.74, 6) is 0. The number of hydrogen-bond donors (Lipinski definition) is 4. The molecule has 0 spiro atoms. The minimum absolute atomic E-state index is 0.0342. The molecule has 4 fully saturated rings. The molecule has 4 aliphatic rings. The maximum Gasteiger partial charge on any atom is 0.0373 e. The molecule has 4 aromatic rings.